The average molecular weight is 431 g/mol. The maximum Gasteiger partial charge on any atom is 0.308 e. The summed E-state index contributed by atoms with van der Waals surface area (Å²) in [6, 6.07) is 0. The zero-order chi connectivity index (χ0) is 22.4. The van der Waals surface area contributed by atoms with Gasteiger partial charge in [0.1, 0.15) is 0 Å². The van der Waals surface area contributed by atoms with E-state index in [1.807, 2.05) is 0 Å². The summed E-state index contributed by atoms with van der Waals surface area (Å²) in [5.41, 5.74) is 2.04. The van der Waals surface area contributed by atoms with E-state index in [1.54, 1.807) is 7.11 Å². The van der Waals surface area contributed by atoms with E-state index in [0.717, 1.165) is 43.4 Å². The SMILES string of the molecule is COC(=O)[C@H](CCC=C(C)C)[C@H]1CC[C@H]2[C@@H]3CC[C@H]4C[C@@H](O)CC[C@]4(C)[C@H]3CC[C@]12C. The van der Waals surface area contributed by atoms with Crippen LogP contribution in [-0.4, -0.2) is 24.3 Å². The Bertz CT molecular complexity index is 694. The Kier molecular flexibility index (Phi) is 6.65. The zero-order valence-corrected chi connectivity index (χ0v) is 20.7. The van der Waals surface area contributed by atoms with Crippen molar-refractivity contribution in [3.8, 4) is 0 Å². The van der Waals surface area contributed by atoms with Gasteiger partial charge in [-0.2, -0.15) is 0 Å². The second-order valence-electron chi connectivity index (χ2n) is 12.3. The molecule has 0 bridgehead atoms. The highest BCUT2D eigenvalue weighted by atomic mass is 16.5. The lowest BCUT2D eigenvalue weighted by atomic mass is 9.44. The Morgan fingerprint density at radius 1 is 1.03 bits per heavy atom. The summed E-state index contributed by atoms with van der Waals surface area (Å²) < 4.78 is 5.33. The molecule has 4 aliphatic rings. The van der Waals surface area contributed by atoms with Crippen LogP contribution in [0.25, 0.3) is 0 Å². The summed E-state index contributed by atoms with van der Waals surface area (Å²) in [6.45, 7) is 9.37. The molecule has 4 rings (SSSR count). The average Bonchev–Trinajstić information content (AvgIpc) is 3.08. The van der Waals surface area contributed by atoms with Gasteiger partial charge in [0, 0.05) is 0 Å². The number of hydrogen-bond donors (Lipinski definition) is 1. The minimum atomic E-state index is -0.0686. The second kappa shape index (κ2) is 8.84. The predicted octanol–water partition coefficient (Wildman–Crippen LogP) is 6.54. The summed E-state index contributed by atoms with van der Waals surface area (Å²) in [7, 11) is 1.57. The minimum Gasteiger partial charge on any atom is -0.469 e. The van der Waals surface area contributed by atoms with Crippen molar-refractivity contribution in [2.45, 2.75) is 104 Å². The largest absolute Gasteiger partial charge is 0.469 e. The number of methoxy groups -OCH3 is 1. The quantitative estimate of drug-likeness (QED) is 0.398. The molecular formula is C28H46O3. The molecule has 4 fully saturated rings. The van der Waals surface area contributed by atoms with Crippen molar-refractivity contribution in [1.29, 1.82) is 0 Å². The van der Waals surface area contributed by atoms with E-state index in [4.69, 9.17) is 4.74 Å². The van der Waals surface area contributed by atoms with E-state index in [0.29, 0.717) is 17.3 Å². The molecule has 9 atom stereocenters. The highest BCUT2D eigenvalue weighted by Gasteiger charge is 2.61. The van der Waals surface area contributed by atoms with Crippen LogP contribution in [0, 0.1) is 46.3 Å². The van der Waals surface area contributed by atoms with Crippen molar-refractivity contribution >= 4 is 5.97 Å². The zero-order valence-electron chi connectivity index (χ0n) is 20.7. The molecule has 0 saturated heterocycles. The van der Waals surface area contributed by atoms with Crippen molar-refractivity contribution in [2.24, 2.45) is 46.3 Å². The second-order valence-corrected chi connectivity index (χ2v) is 12.3. The lowest BCUT2D eigenvalue weighted by Gasteiger charge is -2.61. The lowest BCUT2D eigenvalue weighted by Crippen LogP contribution is -2.54. The fourth-order valence-corrected chi connectivity index (χ4v) is 9.12. The number of carbonyl (C=O) groups excluding carboxylic acids is 1. The molecule has 4 aliphatic carbocycles. The molecule has 0 unspecified atom stereocenters. The van der Waals surface area contributed by atoms with Crippen LogP contribution in [0.5, 0.6) is 0 Å². The van der Waals surface area contributed by atoms with Gasteiger partial charge >= 0.3 is 5.97 Å². The normalized spacial score (nSPS) is 45.1. The van der Waals surface area contributed by atoms with Gasteiger partial charge in [-0.05, 0) is 125 Å². The number of aliphatic hydroxyl groups is 1. The Hall–Kier alpha value is -0.830. The van der Waals surface area contributed by atoms with Crippen LogP contribution >= 0.6 is 0 Å². The fourth-order valence-electron chi connectivity index (χ4n) is 9.12. The van der Waals surface area contributed by atoms with Crippen molar-refractivity contribution < 1.29 is 14.6 Å². The molecular weight excluding hydrogens is 384 g/mol. The first-order valence-corrected chi connectivity index (χ1v) is 13.1. The predicted molar refractivity (Wildman–Crippen MR) is 125 cm³/mol. The maximum absolute atomic E-state index is 12.9. The lowest BCUT2D eigenvalue weighted by molar-refractivity contribution is -0.154. The Morgan fingerprint density at radius 2 is 1.74 bits per heavy atom. The first-order valence-electron chi connectivity index (χ1n) is 13.1. The third-order valence-corrected chi connectivity index (χ3v) is 10.7. The third kappa shape index (κ3) is 4.02. The summed E-state index contributed by atoms with van der Waals surface area (Å²) in [4.78, 5) is 12.9. The van der Waals surface area contributed by atoms with Crippen molar-refractivity contribution in [3.05, 3.63) is 11.6 Å². The minimum absolute atomic E-state index is 0.0214. The number of hydrogen-bond acceptors (Lipinski definition) is 3. The monoisotopic (exact) mass is 430 g/mol. The number of rotatable bonds is 5. The molecule has 0 heterocycles. The number of carbonyl (C=O) groups is 1. The van der Waals surface area contributed by atoms with Crippen LogP contribution in [0.3, 0.4) is 0 Å². The first-order chi connectivity index (χ1) is 14.7. The van der Waals surface area contributed by atoms with Gasteiger partial charge in [-0.1, -0.05) is 25.5 Å². The summed E-state index contributed by atoms with van der Waals surface area (Å²) >= 11 is 0. The van der Waals surface area contributed by atoms with Gasteiger partial charge in [0.2, 0.25) is 0 Å². The number of allylic oxidation sites excluding steroid dienone is 2. The van der Waals surface area contributed by atoms with Crippen LogP contribution in [-0.2, 0) is 9.53 Å². The third-order valence-electron chi connectivity index (χ3n) is 10.7. The van der Waals surface area contributed by atoms with Crippen molar-refractivity contribution in [2.75, 3.05) is 7.11 Å². The van der Waals surface area contributed by atoms with Gasteiger partial charge in [0.05, 0.1) is 19.1 Å². The molecule has 0 aromatic heterocycles. The first kappa shape index (κ1) is 23.3. The smallest absolute Gasteiger partial charge is 0.308 e. The van der Waals surface area contributed by atoms with E-state index in [-0.39, 0.29) is 23.4 Å². The van der Waals surface area contributed by atoms with Crippen molar-refractivity contribution in [1.82, 2.24) is 0 Å². The van der Waals surface area contributed by atoms with Crippen LogP contribution < -0.4 is 0 Å². The summed E-state index contributed by atoms with van der Waals surface area (Å²) in [5.74, 6) is 3.64. The molecule has 3 heteroatoms. The number of ether oxygens (including phenoxy) is 1. The van der Waals surface area contributed by atoms with Crippen LogP contribution in [0.4, 0.5) is 0 Å². The van der Waals surface area contributed by atoms with Gasteiger partial charge in [-0.3, -0.25) is 4.79 Å². The van der Waals surface area contributed by atoms with Gasteiger partial charge in [0.15, 0.2) is 0 Å². The molecule has 0 aliphatic heterocycles. The molecule has 4 saturated carbocycles. The van der Waals surface area contributed by atoms with Crippen LogP contribution in [0.1, 0.15) is 98.3 Å². The Morgan fingerprint density at radius 3 is 2.45 bits per heavy atom. The Balaban J connectivity index is 1.54. The molecule has 3 nitrogen and oxygen atoms in total. The highest BCUT2D eigenvalue weighted by molar-refractivity contribution is 5.72. The van der Waals surface area contributed by atoms with E-state index in [2.05, 4.69) is 33.8 Å². The molecule has 0 amide bonds. The standard InChI is InChI=1S/C28H46O3/c1-18(2)7-6-8-22(26(30)31-5)24-12-11-23-21-10-9-19-17-20(29)13-15-27(19,3)25(21)14-16-28(23,24)4/h7,19-25,29H,6,8-17H2,1-5H3/t19-,20-,21-,22+,23-,24+,25-,27-,28-/m0/s1. The van der Waals surface area contributed by atoms with Crippen molar-refractivity contribution in [3.63, 3.8) is 0 Å². The Labute approximate surface area is 190 Å². The topological polar surface area (TPSA) is 46.5 Å². The molecule has 0 aromatic carbocycles. The summed E-state index contributed by atoms with van der Waals surface area (Å²) in [6.07, 6.45) is 15.1. The van der Waals surface area contributed by atoms with E-state index >= 15 is 0 Å². The number of fused-ring (bicyclic) bond motifs is 5. The maximum atomic E-state index is 12.9. The van der Waals surface area contributed by atoms with Gasteiger partial charge in [0.25, 0.3) is 0 Å². The molecule has 0 spiro atoms. The highest BCUT2D eigenvalue weighted by Crippen LogP contribution is 2.68. The number of esters is 1. The fraction of sp³-hybridized carbons (Fsp3) is 0.893. The van der Waals surface area contributed by atoms with Crippen LogP contribution in [0.2, 0.25) is 0 Å². The van der Waals surface area contributed by atoms with Crippen LogP contribution in [0.15, 0.2) is 11.6 Å². The molecule has 1 N–H and O–H groups in total. The number of aliphatic hydroxyl groups excluding tert-OH is 1. The molecule has 0 aromatic rings. The van der Waals surface area contributed by atoms with E-state index < -0.39 is 0 Å². The van der Waals surface area contributed by atoms with Gasteiger partial charge < -0.3 is 9.84 Å². The molecule has 31 heavy (non-hydrogen) atoms. The molecule has 0 radical (unpaired) electrons. The molecule has 176 valence electrons. The van der Waals surface area contributed by atoms with E-state index in [1.165, 1.54) is 50.5 Å². The van der Waals surface area contributed by atoms with E-state index in [9.17, 15) is 9.90 Å². The van der Waals surface area contributed by atoms with Gasteiger partial charge in [-0.15, -0.1) is 0 Å². The summed E-state index contributed by atoms with van der Waals surface area (Å²) in [5, 5.41) is 10.3. The van der Waals surface area contributed by atoms with Gasteiger partial charge in [-0.25, -0.2) is 0 Å².